The topological polar surface area (TPSA) is 161 Å². The summed E-state index contributed by atoms with van der Waals surface area (Å²) in [5.41, 5.74) is -1.37. The zero-order chi connectivity index (χ0) is 46.8. The van der Waals surface area contributed by atoms with E-state index in [0.29, 0.717) is 51.9 Å². The predicted molar refractivity (Wildman–Crippen MR) is 247 cm³/mol. The van der Waals surface area contributed by atoms with E-state index < -0.39 is 29.3 Å². The molecule has 0 saturated carbocycles. The molecule has 13 heteroatoms. The van der Waals surface area contributed by atoms with Gasteiger partial charge in [-0.3, -0.25) is 28.8 Å². The molecule has 0 aromatic carbocycles. The van der Waals surface area contributed by atoms with Gasteiger partial charge in [0.15, 0.2) is 0 Å². The predicted octanol–water partition coefficient (Wildman–Crippen LogP) is 10.8. The quantitative estimate of drug-likeness (QED) is 0.0323. The van der Waals surface area contributed by atoms with Crippen molar-refractivity contribution in [1.82, 2.24) is 4.90 Å². The summed E-state index contributed by atoms with van der Waals surface area (Å²) in [6, 6.07) is 0. The molecule has 368 valence electrons. The monoisotopic (exact) mass is 898 g/mol. The van der Waals surface area contributed by atoms with Crippen molar-refractivity contribution < 1.29 is 57.2 Å². The van der Waals surface area contributed by atoms with Gasteiger partial charge in [0.2, 0.25) is 0 Å². The highest BCUT2D eigenvalue weighted by Gasteiger charge is 2.38. The Hall–Kier alpha value is -3.22. The lowest BCUT2D eigenvalue weighted by Gasteiger charge is -2.32. The number of hydrogen-bond acceptors (Lipinski definition) is 13. The standard InChI is InChI=1S/C50H91NO12/c1-7-11-14-17-20-29-43(28-10-4)38-49(57)63-42-50(41-62-48(56)34-27-35-51(5)6,39-60-46(54)32-23-21-30-44(52)58-36-25-18-15-12-8-2)40-61-47(55)33-24-22-31-45(53)59-37-26-19-16-13-9-3/h43H,7-42H2,1-6H3. The number of nitrogens with zero attached hydrogens (tertiary/aromatic N) is 1. The molecule has 0 aromatic heterocycles. The highest BCUT2D eigenvalue weighted by atomic mass is 16.6. The number of hydrogen-bond donors (Lipinski definition) is 0. The maximum absolute atomic E-state index is 13.4. The van der Waals surface area contributed by atoms with E-state index in [2.05, 4.69) is 27.7 Å². The minimum atomic E-state index is -1.37. The summed E-state index contributed by atoms with van der Waals surface area (Å²) in [6.45, 7) is 8.76. The fourth-order valence-corrected chi connectivity index (χ4v) is 7.03. The van der Waals surface area contributed by atoms with E-state index in [9.17, 15) is 28.8 Å². The molecule has 0 N–H and O–H groups in total. The van der Waals surface area contributed by atoms with Gasteiger partial charge in [0.1, 0.15) is 31.8 Å². The first-order chi connectivity index (χ1) is 30.4. The van der Waals surface area contributed by atoms with E-state index in [1.54, 1.807) is 0 Å². The van der Waals surface area contributed by atoms with E-state index in [4.69, 9.17) is 28.4 Å². The molecular weight excluding hydrogens is 807 g/mol. The van der Waals surface area contributed by atoms with Crippen molar-refractivity contribution in [3.8, 4) is 0 Å². The average Bonchev–Trinajstić information content (AvgIpc) is 3.25. The second-order valence-electron chi connectivity index (χ2n) is 17.8. The van der Waals surface area contributed by atoms with Crippen molar-refractivity contribution in [3.05, 3.63) is 0 Å². The Morgan fingerprint density at radius 2 is 0.730 bits per heavy atom. The van der Waals surface area contributed by atoms with Gasteiger partial charge >= 0.3 is 35.8 Å². The fourth-order valence-electron chi connectivity index (χ4n) is 7.03. The minimum absolute atomic E-state index is 0.0303. The van der Waals surface area contributed by atoms with Gasteiger partial charge in [-0.25, -0.2) is 0 Å². The maximum atomic E-state index is 13.4. The maximum Gasteiger partial charge on any atom is 0.306 e. The summed E-state index contributed by atoms with van der Waals surface area (Å²) in [5, 5.41) is 0. The smallest absolute Gasteiger partial charge is 0.306 e. The molecule has 63 heavy (non-hydrogen) atoms. The Balaban J connectivity index is 5.73. The van der Waals surface area contributed by atoms with E-state index in [0.717, 1.165) is 89.9 Å². The Labute approximate surface area is 382 Å². The van der Waals surface area contributed by atoms with Crippen LogP contribution in [0.5, 0.6) is 0 Å². The van der Waals surface area contributed by atoms with Crippen LogP contribution in [0.15, 0.2) is 0 Å². The molecule has 1 unspecified atom stereocenters. The number of esters is 6. The molecule has 0 fully saturated rings. The van der Waals surface area contributed by atoms with Crippen LogP contribution in [-0.4, -0.2) is 101 Å². The summed E-state index contributed by atoms with van der Waals surface area (Å²) >= 11 is 0. The number of rotatable bonds is 44. The highest BCUT2D eigenvalue weighted by molar-refractivity contribution is 5.72. The van der Waals surface area contributed by atoms with Crippen molar-refractivity contribution in [1.29, 1.82) is 0 Å². The molecule has 1 atom stereocenters. The third kappa shape index (κ3) is 37.8. The van der Waals surface area contributed by atoms with Crippen LogP contribution in [0.4, 0.5) is 0 Å². The van der Waals surface area contributed by atoms with Crippen LogP contribution in [0.2, 0.25) is 0 Å². The summed E-state index contributed by atoms with van der Waals surface area (Å²) in [7, 11) is 3.82. The van der Waals surface area contributed by atoms with Gasteiger partial charge in [-0.05, 0) is 77.9 Å². The SMILES string of the molecule is CCCCCCCOC(=O)CCCCC(=O)OCC(COC(=O)CCCCC(=O)OCCCCCCC)(COC(=O)CCCN(C)C)COC(=O)CC(CCC)CCCCCCC. The van der Waals surface area contributed by atoms with Gasteiger partial charge in [0.05, 0.1) is 13.2 Å². The van der Waals surface area contributed by atoms with Gasteiger partial charge in [-0.2, -0.15) is 0 Å². The first-order valence-electron chi connectivity index (χ1n) is 25.0. The largest absolute Gasteiger partial charge is 0.466 e. The van der Waals surface area contributed by atoms with Crippen LogP contribution in [0.25, 0.3) is 0 Å². The number of unbranched alkanes of at least 4 members (excludes halogenated alkanes) is 14. The number of ether oxygens (including phenoxy) is 6. The summed E-state index contributed by atoms with van der Waals surface area (Å²) < 4.78 is 33.8. The lowest BCUT2D eigenvalue weighted by atomic mass is 9.91. The number of carbonyl (C=O) groups excluding carboxylic acids is 6. The number of carbonyl (C=O) groups is 6. The second kappa shape index (κ2) is 41.5. The zero-order valence-corrected chi connectivity index (χ0v) is 40.9. The van der Waals surface area contributed by atoms with E-state index >= 15 is 0 Å². The summed E-state index contributed by atoms with van der Waals surface area (Å²) in [5.74, 6) is -2.40. The van der Waals surface area contributed by atoms with Crippen LogP contribution in [0.1, 0.15) is 214 Å². The summed E-state index contributed by atoms with van der Waals surface area (Å²) in [4.78, 5) is 78.9. The molecule has 0 rings (SSSR count). The zero-order valence-electron chi connectivity index (χ0n) is 40.9. The Kier molecular flexibility index (Phi) is 39.4. The first kappa shape index (κ1) is 59.8. The molecule has 0 radical (unpaired) electrons. The highest BCUT2D eigenvalue weighted by Crippen LogP contribution is 2.25. The van der Waals surface area contributed by atoms with Gasteiger partial charge < -0.3 is 33.3 Å². The first-order valence-corrected chi connectivity index (χ1v) is 25.0. The van der Waals surface area contributed by atoms with Crippen molar-refractivity contribution in [2.24, 2.45) is 11.3 Å². The molecule has 0 aliphatic carbocycles. The molecule has 0 aromatic rings. The molecule has 0 aliphatic heterocycles. The molecule has 0 aliphatic rings. The normalized spacial score (nSPS) is 11.9. The lowest BCUT2D eigenvalue weighted by Crippen LogP contribution is -2.44. The molecule has 0 bridgehead atoms. The molecule has 0 saturated heterocycles. The van der Waals surface area contributed by atoms with Crippen LogP contribution in [0, 0.1) is 11.3 Å². The third-order valence-electron chi connectivity index (χ3n) is 11.1. The van der Waals surface area contributed by atoms with Crippen molar-refractivity contribution >= 4 is 35.8 Å². The molecule has 13 nitrogen and oxygen atoms in total. The summed E-state index contributed by atoms with van der Waals surface area (Å²) in [6.07, 6.45) is 22.1. The fraction of sp³-hybridized carbons (Fsp3) is 0.880. The minimum Gasteiger partial charge on any atom is -0.466 e. The molecule has 0 heterocycles. The van der Waals surface area contributed by atoms with Gasteiger partial charge in [-0.1, -0.05) is 124 Å². The Morgan fingerprint density at radius 1 is 0.381 bits per heavy atom. The van der Waals surface area contributed by atoms with Crippen LogP contribution in [0.3, 0.4) is 0 Å². The van der Waals surface area contributed by atoms with Crippen LogP contribution in [-0.2, 0) is 57.2 Å². The third-order valence-corrected chi connectivity index (χ3v) is 11.1. The molecule has 0 spiro atoms. The molecule has 0 amide bonds. The van der Waals surface area contributed by atoms with Crippen molar-refractivity contribution in [3.63, 3.8) is 0 Å². The van der Waals surface area contributed by atoms with Crippen LogP contribution < -0.4 is 0 Å². The Bertz CT molecular complexity index is 1140. The van der Waals surface area contributed by atoms with E-state index in [-0.39, 0.29) is 82.8 Å². The average molecular weight is 898 g/mol. The van der Waals surface area contributed by atoms with Gasteiger partial charge in [-0.15, -0.1) is 0 Å². The van der Waals surface area contributed by atoms with Crippen molar-refractivity contribution in [2.75, 3.05) is 60.3 Å². The Morgan fingerprint density at radius 3 is 1.11 bits per heavy atom. The van der Waals surface area contributed by atoms with Crippen LogP contribution >= 0.6 is 0 Å². The van der Waals surface area contributed by atoms with Gasteiger partial charge in [0.25, 0.3) is 0 Å². The van der Waals surface area contributed by atoms with Crippen molar-refractivity contribution in [2.45, 2.75) is 214 Å². The van der Waals surface area contributed by atoms with Gasteiger partial charge in [0, 0.05) is 38.5 Å². The van der Waals surface area contributed by atoms with E-state index in [1.165, 1.54) is 25.7 Å². The van der Waals surface area contributed by atoms with E-state index in [1.807, 2.05) is 19.0 Å². The second-order valence-corrected chi connectivity index (χ2v) is 17.8. The lowest BCUT2D eigenvalue weighted by molar-refractivity contribution is -0.171. The molecular formula is C50H91NO12.